The highest BCUT2D eigenvalue weighted by Crippen LogP contribution is 2.36. The van der Waals surface area contributed by atoms with Crippen molar-refractivity contribution >= 4 is 0 Å². The lowest BCUT2D eigenvalue weighted by Crippen LogP contribution is -2.49. The summed E-state index contributed by atoms with van der Waals surface area (Å²) in [5.41, 5.74) is 0.534. The summed E-state index contributed by atoms with van der Waals surface area (Å²) in [6.07, 6.45) is 12.3. The largest absolute Gasteiger partial charge is 0.389 e. The van der Waals surface area contributed by atoms with Crippen LogP contribution in [0.2, 0.25) is 0 Å². The fourth-order valence-corrected chi connectivity index (χ4v) is 4.55. The van der Waals surface area contributed by atoms with E-state index in [2.05, 4.69) is 22.3 Å². The molecule has 0 spiro atoms. The highest BCUT2D eigenvalue weighted by molar-refractivity contribution is 5.09. The average molecular weight is 275 g/mol. The van der Waals surface area contributed by atoms with Gasteiger partial charge >= 0.3 is 0 Å². The van der Waals surface area contributed by atoms with Crippen molar-refractivity contribution in [3.05, 3.63) is 18.0 Å². The number of hydrogen-bond donors (Lipinski definition) is 2. The number of rotatable bonds is 3. The van der Waals surface area contributed by atoms with Crippen LogP contribution in [0.4, 0.5) is 0 Å². The Labute approximate surface area is 120 Å². The van der Waals surface area contributed by atoms with Crippen LogP contribution in [-0.4, -0.2) is 32.6 Å². The molecule has 3 fully saturated rings. The van der Waals surface area contributed by atoms with Crippen LogP contribution in [0.15, 0.2) is 12.3 Å². The first-order valence-corrected chi connectivity index (χ1v) is 8.23. The molecular weight excluding hydrogens is 250 g/mol. The van der Waals surface area contributed by atoms with Gasteiger partial charge in [-0.15, -0.1) is 0 Å². The molecule has 2 N–H and O–H groups in total. The van der Waals surface area contributed by atoms with Crippen LogP contribution in [0.5, 0.6) is 0 Å². The van der Waals surface area contributed by atoms with E-state index in [0.717, 1.165) is 25.0 Å². The normalized spacial score (nSPS) is 37.6. The first kappa shape index (κ1) is 12.8. The molecule has 4 heteroatoms. The Morgan fingerprint density at radius 3 is 2.60 bits per heavy atom. The molecule has 2 bridgehead atoms. The number of hydrogen-bond acceptors (Lipinski definition) is 3. The van der Waals surface area contributed by atoms with Gasteiger partial charge in [-0.3, -0.25) is 4.68 Å². The molecule has 110 valence electrons. The van der Waals surface area contributed by atoms with E-state index in [-0.39, 0.29) is 0 Å². The topological polar surface area (TPSA) is 50.1 Å². The molecule has 20 heavy (non-hydrogen) atoms. The molecule has 4 nitrogen and oxygen atoms in total. The van der Waals surface area contributed by atoms with Crippen LogP contribution < -0.4 is 5.32 Å². The monoisotopic (exact) mass is 275 g/mol. The molecule has 1 aliphatic carbocycles. The predicted octanol–water partition coefficient (Wildman–Crippen LogP) is 2.19. The number of nitrogens with one attached hydrogen (secondary N) is 1. The summed E-state index contributed by atoms with van der Waals surface area (Å²) in [4.78, 5) is 0. The minimum absolute atomic E-state index is 0.524. The third-order valence-electron chi connectivity index (χ3n) is 5.46. The van der Waals surface area contributed by atoms with Crippen LogP contribution in [-0.2, 0) is 6.42 Å². The Morgan fingerprint density at radius 2 is 1.90 bits per heavy atom. The summed E-state index contributed by atoms with van der Waals surface area (Å²) < 4.78 is 2.14. The highest BCUT2D eigenvalue weighted by Gasteiger charge is 2.42. The van der Waals surface area contributed by atoms with Gasteiger partial charge < -0.3 is 10.4 Å². The quantitative estimate of drug-likeness (QED) is 0.889. The van der Waals surface area contributed by atoms with Gasteiger partial charge in [0.2, 0.25) is 0 Å². The van der Waals surface area contributed by atoms with E-state index in [4.69, 9.17) is 5.10 Å². The standard InChI is InChI=1S/C16H25N3O/c20-16(9-12-5-6-13(10-16)17-12)11-14-7-8-19(18-14)15-3-1-2-4-15/h7-8,12-13,15,17,20H,1-6,9-11H2/t12-,13+,16?. The molecule has 0 radical (unpaired) electrons. The van der Waals surface area contributed by atoms with Crippen LogP contribution in [0, 0.1) is 0 Å². The number of nitrogens with zero attached hydrogens (tertiary/aromatic N) is 2. The third-order valence-corrected chi connectivity index (χ3v) is 5.46. The lowest BCUT2D eigenvalue weighted by atomic mass is 9.84. The lowest BCUT2D eigenvalue weighted by Gasteiger charge is -2.36. The third kappa shape index (κ3) is 2.40. The Hall–Kier alpha value is -0.870. The molecular formula is C16H25N3O. The second-order valence-electron chi connectivity index (χ2n) is 7.17. The van der Waals surface area contributed by atoms with Gasteiger partial charge in [-0.05, 0) is 44.6 Å². The molecule has 1 saturated carbocycles. The molecule has 1 aromatic heterocycles. The number of aliphatic hydroxyl groups is 1. The molecule has 0 amide bonds. The zero-order valence-electron chi connectivity index (χ0n) is 12.1. The van der Waals surface area contributed by atoms with Gasteiger partial charge in [0, 0.05) is 24.7 Å². The summed E-state index contributed by atoms with van der Waals surface area (Å²) in [5.74, 6) is 0. The molecule has 2 aliphatic heterocycles. The molecule has 3 atom stereocenters. The van der Waals surface area contributed by atoms with Crippen molar-refractivity contribution in [2.75, 3.05) is 0 Å². The van der Waals surface area contributed by atoms with E-state index in [0.29, 0.717) is 18.1 Å². The predicted molar refractivity (Wildman–Crippen MR) is 77.6 cm³/mol. The van der Waals surface area contributed by atoms with Gasteiger partial charge in [0.15, 0.2) is 0 Å². The second kappa shape index (κ2) is 4.85. The van der Waals surface area contributed by atoms with Crippen LogP contribution in [0.3, 0.4) is 0 Å². The minimum atomic E-state index is -0.536. The molecule has 1 aromatic rings. The maximum absolute atomic E-state index is 10.9. The molecule has 0 aromatic carbocycles. The Kier molecular flexibility index (Phi) is 3.11. The van der Waals surface area contributed by atoms with Crippen LogP contribution in [0.1, 0.15) is 63.1 Å². The van der Waals surface area contributed by atoms with Gasteiger partial charge in [0.1, 0.15) is 0 Å². The van der Waals surface area contributed by atoms with E-state index in [1.807, 2.05) is 0 Å². The summed E-state index contributed by atoms with van der Waals surface area (Å²) >= 11 is 0. The molecule has 2 saturated heterocycles. The van der Waals surface area contributed by atoms with Gasteiger partial charge in [0.25, 0.3) is 0 Å². The summed E-state index contributed by atoms with van der Waals surface area (Å²) in [6, 6.07) is 3.76. The van der Waals surface area contributed by atoms with Crippen molar-refractivity contribution in [3.63, 3.8) is 0 Å². The summed E-state index contributed by atoms with van der Waals surface area (Å²) in [5, 5.41) is 19.2. The Bertz CT molecular complexity index is 466. The van der Waals surface area contributed by atoms with Gasteiger partial charge in [-0.2, -0.15) is 5.10 Å². The second-order valence-corrected chi connectivity index (χ2v) is 7.17. The van der Waals surface area contributed by atoms with Crippen LogP contribution in [0.25, 0.3) is 0 Å². The van der Waals surface area contributed by atoms with E-state index >= 15 is 0 Å². The van der Waals surface area contributed by atoms with E-state index in [1.54, 1.807) is 0 Å². The Balaban J connectivity index is 1.45. The lowest BCUT2D eigenvalue weighted by molar-refractivity contribution is -0.00699. The number of piperidine rings is 1. The van der Waals surface area contributed by atoms with E-state index in [1.165, 1.54) is 38.5 Å². The van der Waals surface area contributed by atoms with E-state index in [9.17, 15) is 5.11 Å². The van der Waals surface area contributed by atoms with Crippen molar-refractivity contribution in [3.8, 4) is 0 Å². The number of aromatic nitrogens is 2. The van der Waals surface area contributed by atoms with Crippen molar-refractivity contribution in [1.82, 2.24) is 15.1 Å². The number of fused-ring (bicyclic) bond motifs is 2. The zero-order valence-corrected chi connectivity index (χ0v) is 12.1. The first-order chi connectivity index (χ1) is 9.70. The van der Waals surface area contributed by atoms with Crippen LogP contribution >= 0.6 is 0 Å². The van der Waals surface area contributed by atoms with Crippen molar-refractivity contribution in [1.29, 1.82) is 0 Å². The molecule has 3 heterocycles. The van der Waals surface area contributed by atoms with Gasteiger partial charge in [0.05, 0.1) is 17.3 Å². The van der Waals surface area contributed by atoms with E-state index < -0.39 is 5.60 Å². The maximum Gasteiger partial charge on any atom is 0.0733 e. The van der Waals surface area contributed by atoms with Crippen molar-refractivity contribution in [2.45, 2.75) is 81.5 Å². The SMILES string of the molecule is OC1(Cc2ccn(C3CCCC3)n2)C[C@H]2CC[C@@H](C1)N2. The molecule has 1 unspecified atom stereocenters. The van der Waals surface area contributed by atoms with Gasteiger partial charge in [-0.25, -0.2) is 0 Å². The minimum Gasteiger partial charge on any atom is -0.389 e. The Morgan fingerprint density at radius 1 is 1.20 bits per heavy atom. The molecule has 3 aliphatic rings. The average Bonchev–Trinajstić information content (AvgIpc) is 3.09. The summed E-state index contributed by atoms with van der Waals surface area (Å²) in [7, 11) is 0. The zero-order chi connectivity index (χ0) is 13.6. The smallest absolute Gasteiger partial charge is 0.0733 e. The van der Waals surface area contributed by atoms with Crippen molar-refractivity contribution < 1.29 is 5.11 Å². The fourth-order valence-electron chi connectivity index (χ4n) is 4.55. The van der Waals surface area contributed by atoms with Crippen molar-refractivity contribution in [2.24, 2.45) is 0 Å². The maximum atomic E-state index is 10.9. The van der Waals surface area contributed by atoms with Gasteiger partial charge in [-0.1, -0.05) is 12.8 Å². The summed E-state index contributed by atoms with van der Waals surface area (Å²) in [6.45, 7) is 0. The fraction of sp³-hybridized carbons (Fsp3) is 0.812. The first-order valence-electron chi connectivity index (χ1n) is 8.23. The molecule has 4 rings (SSSR count). The highest BCUT2D eigenvalue weighted by atomic mass is 16.3.